The highest BCUT2D eigenvalue weighted by molar-refractivity contribution is 14.1. The number of carbonyl (C=O) groups is 3. The zero-order valence-electron chi connectivity index (χ0n) is 19.4. The number of nitrogens with zero attached hydrogens (tertiary/aromatic N) is 1. The third-order valence-electron chi connectivity index (χ3n) is 5.12. The van der Waals surface area contributed by atoms with Crippen molar-refractivity contribution in [3.8, 4) is 11.5 Å². The summed E-state index contributed by atoms with van der Waals surface area (Å²) in [6.07, 6.45) is 1.22. The average molecular weight is 671 g/mol. The maximum atomic E-state index is 13.3. The summed E-state index contributed by atoms with van der Waals surface area (Å²) in [6, 6.07) is 11.9. The Morgan fingerprint density at radius 3 is 2.34 bits per heavy atom. The van der Waals surface area contributed by atoms with Gasteiger partial charge >= 0.3 is 16.1 Å². The fourth-order valence-electron chi connectivity index (χ4n) is 3.42. The van der Waals surface area contributed by atoms with Crippen LogP contribution in [0.4, 0.5) is 14.9 Å². The first-order chi connectivity index (χ1) is 18.0. The molecule has 13 heteroatoms. The van der Waals surface area contributed by atoms with Crippen LogP contribution in [0.3, 0.4) is 0 Å². The summed E-state index contributed by atoms with van der Waals surface area (Å²) in [5.74, 6) is -2.48. The lowest BCUT2D eigenvalue weighted by molar-refractivity contribution is -0.122. The van der Waals surface area contributed by atoms with Crippen LogP contribution in [-0.2, 0) is 19.7 Å². The van der Waals surface area contributed by atoms with Gasteiger partial charge in [-0.15, -0.1) is 0 Å². The normalized spacial score (nSPS) is 15.0. The largest absolute Gasteiger partial charge is 0.490 e. The van der Waals surface area contributed by atoms with Crippen LogP contribution >= 0.6 is 34.2 Å². The summed E-state index contributed by atoms with van der Waals surface area (Å²) in [5, 5.41) is 2.43. The van der Waals surface area contributed by atoms with Gasteiger partial charge in [-0.1, -0.05) is 11.6 Å². The molecule has 0 spiro atoms. The molecular formula is C25H17ClFIN2O7S. The molecule has 0 aliphatic carbocycles. The number of anilines is 1. The minimum Gasteiger partial charge on any atom is -0.490 e. The molecule has 3 aromatic carbocycles. The van der Waals surface area contributed by atoms with Crippen molar-refractivity contribution in [3.63, 3.8) is 0 Å². The lowest BCUT2D eigenvalue weighted by Crippen LogP contribution is -2.54. The highest BCUT2D eigenvalue weighted by Gasteiger charge is 2.37. The molecule has 4 rings (SSSR count). The van der Waals surface area contributed by atoms with E-state index in [0.717, 1.165) is 12.1 Å². The Balaban J connectivity index is 1.72. The first-order valence-corrected chi connectivity index (χ1v) is 13.7. The maximum absolute atomic E-state index is 13.3. The molecule has 0 aromatic heterocycles. The number of benzene rings is 3. The van der Waals surface area contributed by atoms with Crippen LogP contribution in [0, 0.1) is 9.39 Å². The number of amides is 4. The number of carbonyl (C=O) groups excluding carboxylic acids is 3. The molecular weight excluding hydrogens is 654 g/mol. The highest BCUT2D eigenvalue weighted by atomic mass is 127. The van der Waals surface area contributed by atoms with E-state index >= 15 is 0 Å². The van der Waals surface area contributed by atoms with E-state index in [1.54, 1.807) is 6.92 Å². The third-order valence-corrected chi connectivity index (χ3v) is 7.41. The number of hydrogen-bond acceptors (Lipinski definition) is 7. The van der Waals surface area contributed by atoms with Crippen LogP contribution in [0.1, 0.15) is 12.5 Å². The van der Waals surface area contributed by atoms with E-state index in [0.29, 0.717) is 19.1 Å². The summed E-state index contributed by atoms with van der Waals surface area (Å²) in [4.78, 5) is 38.6. The van der Waals surface area contributed by atoms with E-state index in [1.165, 1.54) is 54.6 Å². The fourth-order valence-corrected chi connectivity index (χ4v) is 5.39. The molecule has 9 nitrogen and oxygen atoms in total. The summed E-state index contributed by atoms with van der Waals surface area (Å²) in [5.41, 5.74) is -0.0244. The molecule has 0 bridgehead atoms. The summed E-state index contributed by atoms with van der Waals surface area (Å²) < 4.78 is 50.3. The lowest BCUT2D eigenvalue weighted by atomic mass is 10.1. The Morgan fingerprint density at radius 1 is 1.05 bits per heavy atom. The van der Waals surface area contributed by atoms with Gasteiger partial charge in [0.25, 0.3) is 11.8 Å². The number of halogens is 3. The van der Waals surface area contributed by atoms with Crippen molar-refractivity contribution in [3.05, 3.63) is 86.2 Å². The van der Waals surface area contributed by atoms with Crippen LogP contribution in [-0.4, -0.2) is 32.9 Å². The first kappa shape index (κ1) is 27.5. The van der Waals surface area contributed by atoms with Crippen LogP contribution in [0.5, 0.6) is 11.5 Å². The second-order valence-corrected chi connectivity index (χ2v) is 10.8. The van der Waals surface area contributed by atoms with Crippen LogP contribution < -0.4 is 19.1 Å². The number of hydrogen-bond donors (Lipinski definition) is 1. The molecule has 1 aliphatic rings. The van der Waals surface area contributed by atoms with Crippen molar-refractivity contribution in [2.24, 2.45) is 0 Å². The maximum Gasteiger partial charge on any atom is 0.339 e. The predicted molar refractivity (Wildman–Crippen MR) is 145 cm³/mol. The molecule has 3 aromatic rings. The number of barbiturate groups is 1. The molecule has 4 amide bonds. The van der Waals surface area contributed by atoms with Gasteiger partial charge in [0, 0.05) is 5.02 Å². The van der Waals surface area contributed by atoms with Gasteiger partial charge in [0.05, 0.1) is 15.9 Å². The van der Waals surface area contributed by atoms with Crippen LogP contribution in [0.25, 0.3) is 6.08 Å². The van der Waals surface area contributed by atoms with Gasteiger partial charge in [-0.05, 0) is 102 Å². The van der Waals surface area contributed by atoms with Crippen molar-refractivity contribution in [1.29, 1.82) is 0 Å². The van der Waals surface area contributed by atoms with E-state index in [4.69, 9.17) is 20.5 Å². The van der Waals surface area contributed by atoms with Gasteiger partial charge in [-0.2, -0.15) is 8.42 Å². The predicted octanol–water partition coefficient (Wildman–Crippen LogP) is 4.92. The molecule has 0 radical (unpaired) electrons. The van der Waals surface area contributed by atoms with Crippen molar-refractivity contribution >= 4 is 73.9 Å². The SMILES string of the molecule is CCOc1cc(/C=C2\C(=O)NC(=O)N(c3ccc(F)cc3)C2=O)cc(I)c1OS(=O)(=O)c1ccc(Cl)cc1. The average Bonchev–Trinajstić information content (AvgIpc) is 2.85. The van der Waals surface area contributed by atoms with E-state index in [1.807, 2.05) is 22.6 Å². The molecule has 0 unspecified atom stereocenters. The number of imide groups is 2. The quantitative estimate of drug-likeness (QED) is 0.164. The first-order valence-electron chi connectivity index (χ1n) is 10.8. The molecule has 1 heterocycles. The minimum absolute atomic E-state index is 0.0407. The molecule has 0 atom stereocenters. The Morgan fingerprint density at radius 2 is 1.71 bits per heavy atom. The third kappa shape index (κ3) is 5.81. The second kappa shape index (κ2) is 11.1. The molecule has 196 valence electrons. The van der Waals surface area contributed by atoms with Gasteiger partial charge in [-0.3, -0.25) is 14.9 Å². The smallest absolute Gasteiger partial charge is 0.339 e. The van der Waals surface area contributed by atoms with Gasteiger partial charge < -0.3 is 8.92 Å². The second-order valence-electron chi connectivity index (χ2n) is 7.69. The highest BCUT2D eigenvalue weighted by Crippen LogP contribution is 2.37. The summed E-state index contributed by atoms with van der Waals surface area (Å²) in [7, 11) is -4.25. The molecule has 0 saturated carbocycles. The van der Waals surface area contributed by atoms with E-state index < -0.39 is 33.8 Å². The molecule has 1 fully saturated rings. The summed E-state index contributed by atoms with van der Waals surface area (Å²) >= 11 is 7.67. The van der Waals surface area contributed by atoms with Gasteiger partial charge in [0.2, 0.25) is 0 Å². The molecule has 1 N–H and O–H groups in total. The number of rotatable bonds is 7. The Kier molecular flexibility index (Phi) is 8.04. The van der Waals surface area contributed by atoms with Crippen molar-refractivity contribution in [2.45, 2.75) is 11.8 Å². The standard InChI is InChI=1S/C25H17ClFIN2O7S/c1-2-36-21-13-14(12-20(28)22(21)37-38(34,35)18-9-3-15(26)4-10-18)11-19-23(31)29-25(33)30(24(19)32)17-7-5-16(27)6-8-17/h3-13H,2H2,1H3,(H,29,31,33)/b19-11+. The number of nitrogens with one attached hydrogen (secondary N) is 1. The monoisotopic (exact) mass is 670 g/mol. The van der Waals surface area contributed by atoms with E-state index in [-0.39, 0.29) is 34.3 Å². The van der Waals surface area contributed by atoms with Gasteiger partial charge in [0.15, 0.2) is 11.5 Å². The minimum atomic E-state index is -4.25. The topological polar surface area (TPSA) is 119 Å². The summed E-state index contributed by atoms with van der Waals surface area (Å²) in [6.45, 7) is 1.83. The molecule has 1 aliphatic heterocycles. The Labute approximate surface area is 235 Å². The fraction of sp³-hybridized carbons (Fsp3) is 0.0800. The van der Waals surface area contributed by atoms with Crippen LogP contribution in [0.15, 0.2) is 71.1 Å². The van der Waals surface area contributed by atoms with Crippen LogP contribution in [0.2, 0.25) is 5.02 Å². The van der Waals surface area contributed by atoms with Crippen molar-refractivity contribution in [1.82, 2.24) is 5.32 Å². The van der Waals surface area contributed by atoms with E-state index in [2.05, 4.69) is 5.32 Å². The van der Waals surface area contributed by atoms with E-state index in [9.17, 15) is 27.2 Å². The van der Waals surface area contributed by atoms with Gasteiger partial charge in [-0.25, -0.2) is 14.1 Å². The zero-order valence-corrected chi connectivity index (χ0v) is 23.1. The Hall–Kier alpha value is -3.49. The zero-order chi connectivity index (χ0) is 27.6. The number of ether oxygens (including phenoxy) is 1. The molecule has 38 heavy (non-hydrogen) atoms. The number of urea groups is 1. The lowest BCUT2D eigenvalue weighted by Gasteiger charge is -2.26. The van der Waals surface area contributed by atoms with Crippen molar-refractivity contribution in [2.75, 3.05) is 11.5 Å². The van der Waals surface area contributed by atoms with Gasteiger partial charge in [0.1, 0.15) is 16.3 Å². The van der Waals surface area contributed by atoms with Crippen molar-refractivity contribution < 1.29 is 36.1 Å². The molecule has 1 saturated heterocycles. The Bertz CT molecular complexity index is 1580.